The van der Waals surface area contributed by atoms with Gasteiger partial charge in [0.2, 0.25) is 11.9 Å². The molecule has 1 aliphatic rings. The van der Waals surface area contributed by atoms with Crippen molar-refractivity contribution in [2.24, 2.45) is 0 Å². The SMILES string of the molecule is Cl.Fc1ccc(-c2ccc3[nH]nc(-c4cn(-c5ccc6c(c5)CNCC6)nn4)c3c2)c(F)n1. The van der Waals surface area contributed by atoms with Crippen molar-refractivity contribution in [2.75, 3.05) is 6.54 Å². The van der Waals surface area contributed by atoms with Gasteiger partial charge >= 0.3 is 0 Å². The smallest absolute Gasteiger partial charge is 0.223 e. The van der Waals surface area contributed by atoms with Crippen LogP contribution in [0.3, 0.4) is 0 Å². The molecule has 3 aromatic heterocycles. The van der Waals surface area contributed by atoms with Crippen LogP contribution in [0, 0.1) is 11.9 Å². The summed E-state index contributed by atoms with van der Waals surface area (Å²) in [7, 11) is 0. The van der Waals surface area contributed by atoms with Crippen molar-refractivity contribution >= 4 is 23.3 Å². The van der Waals surface area contributed by atoms with Crippen LogP contribution >= 0.6 is 12.4 Å². The molecule has 4 heterocycles. The molecule has 2 aromatic carbocycles. The number of fused-ring (bicyclic) bond motifs is 2. The van der Waals surface area contributed by atoms with E-state index in [9.17, 15) is 8.78 Å². The lowest BCUT2D eigenvalue weighted by Crippen LogP contribution is -2.23. The van der Waals surface area contributed by atoms with Crippen LogP contribution in [0.25, 0.3) is 39.1 Å². The topological polar surface area (TPSA) is 84.3 Å². The van der Waals surface area contributed by atoms with Crippen molar-refractivity contribution in [1.29, 1.82) is 0 Å². The van der Waals surface area contributed by atoms with Gasteiger partial charge in [-0.25, -0.2) is 4.68 Å². The van der Waals surface area contributed by atoms with E-state index in [1.54, 1.807) is 22.9 Å². The van der Waals surface area contributed by atoms with E-state index in [2.05, 4.69) is 42.9 Å². The van der Waals surface area contributed by atoms with Gasteiger partial charge in [0, 0.05) is 17.5 Å². The summed E-state index contributed by atoms with van der Waals surface area (Å²) in [5.41, 5.74) is 6.27. The van der Waals surface area contributed by atoms with Gasteiger partial charge in [-0.3, -0.25) is 5.10 Å². The zero-order valence-electron chi connectivity index (χ0n) is 17.2. The number of benzene rings is 2. The highest BCUT2D eigenvalue weighted by Gasteiger charge is 2.16. The standard InChI is InChI=1S/C23H17F2N7.ClH/c24-21-6-4-17(23(25)27-21)14-2-5-19-18(10-14)22(30-28-19)20-12-32(31-29-20)16-3-1-13-7-8-26-11-15(13)9-16;/h1-6,9-10,12,26H,7-8,11H2,(H,28,30);1H. The number of H-pyrrole nitrogens is 1. The Morgan fingerprint density at radius 2 is 1.88 bits per heavy atom. The van der Waals surface area contributed by atoms with Gasteiger partial charge in [0.05, 0.1) is 17.4 Å². The quantitative estimate of drug-likeness (QED) is 0.390. The number of aromatic nitrogens is 6. The average molecular weight is 466 g/mol. The number of hydrogen-bond acceptors (Lipinski definition) is 5. The molecule has 0 saturated carbocycles. The number of nitrogens with one attached hydrogen (secondary N) is 2. The summed E-state index contributed by atoms with van der Waals surface area (Å²) in [6.45, 7) is 1.83. The Morgan fingerprint density at radius 1 is 0.970 bits per heavy atom. The lowest BCUT2D eigenvalue weighted by molar-refractivity contribution is 0.515. The Labute approximate surface area is 193 Å². The van der Waals surface area contributed by atoms with Crippen LogP contribution < -0.4 is 5.32 Å². The molecule has 0 radical (unpaired) electrons. The van der Waals surface area contributed by atoms with Crippen LogP contribution in [0.5, 0.6) is 0 Å². The molecule has 0 bridgehead atoms. The third kappa shape index (κ3) is 3.75. The number of nitrogens with zero attached hydrogens (tertiary/aromatic N) is 5. The van der Waals surface area contributed by atoms with Crippen molar-refractivity contribution in [3.63, 3.8) is 0 Å². The molecule has 0 fully saturated rings. The molecule has 0 amide bonds. The monoisotopic (exact) mass is 465 g/mol. The zero-order chi connectivity index (χ0) is 21.7. The van der Waals surface area contributed by atoms with Crippen LogP contribution in [0.1, 0.15) is 11.1 Å². The van der Waals surface area contributed by atoms with Crippen molar-refractivity contribution in [3.8, 4) is 28.2 Å². The zero-order valence-corrected chi connectivity index (χ0v) is 18.0. The van der Waals surface area contributed by atoms with E-state index in [1.807, 2.05) is 12.3 Å². The Bertz CT molecular complexity index is 1480. The van der Waals surface area contributed by atoms with Gasteiger partial charge in [-0.15, -0.1) is 17.5 Å². The van der Waals surface area contributed by atoms with Gasteiger partial charge in [-0.2, -0.15) is 18.9 Å². The summed E-state index contributed by atoms with van der Waals surface area (Å²) in [4.78, 5) is 3.28. The Kier molecular flexibility index (Phi) is 5.35. The molecule has 166 valence electrons. The van der Waals surface area contributed by atoms with Gasteiger partial charge in [-0.05, 0) is 66.1 Å². The third-order valence-electron chi connectivity index (χ3n) is 5.77. The minimum Gasteiger partial charge on any atom is -0.312 e. The molecule has 0 saturated heterocycles. The number of pyridine rings is 1. The number of halogens is 3. The maximum absolute atomic E-state index is 14.2. The largest absolute Gasteiger partial charge is 0.312 e. The van der Waals surface area contributed by atoms with E-state index in [0.29, 0.717) is 17.0 Å². The van der Waals surface area contributed by atoms with Gasteiger partial charge in [0.1, 0.15) is 11.4 Å². The lowest BCUT2D eigenvalue weighted by atomic mass is 10.0. The highest BCUT2D eigenvalue weighted by Crippen LogP contribution is 2.31. The maximum atomic E-state index is 14.2. The van der Waals surface area contributed by atoms with E-state index in [0.717, 1.165) is 42.2 Å². The summed E-state index contributed by atoms with van der Waals surface area (Å²) in [6.07, 6.45) is 2.84. The van der Waals surface area contributed by atoms with Crippen LogP contribution in [0.15, 0.2) is 54.7 Å². The van der Waals surface area contributed by atoms with Crippen molar-refractivity contribution < 1.29 is 8.78 Å². The first-order chi connectivity index (χ1) is 15.7. The summed E-state index contributed by atoms with van der Waals surface area (Å²) >= 11 is 0. The molecule has 2 N–H and O–H groups in total. The second-order valence-electron chi connectivity index (χ2n) is 7.73. The van der Waals surface area contributed by atoms with Crippen LogP contribution in [-0.2, 0) is 13.0 Å². The summed E-state index contributed by atoms with van der Waals surface area (Å²) < 4.78 is 29.1. The molecule has 6 rings (SSSR count). The van der Waals surface area contributed by atoms with Crippen LogP contribution in [0.4, 0.5) is 8.78 Å². The molecule has 0 spiro atoms. The Balaban J connectivity index is 0.00000228. The molecule has 7 nitrogen and oxygen atoms in total. The minimum absolute atomic E-state index is 0. The molecule has 5 aromatic rings. The molecular formula is C23H18ClF2N7. The first-order valence-corrected chi connectivity index (χ1v) is 10.2. The molecule has 0 atom stereocenters. The second-order valence-corrected chi connectivity index (χ2v) is 7.73. The minimum atomic E-state index is -0.859. The first kappa shape index (κ1) is 21.2. The number of aromatic amines is 1. The molecule has 33 heavy (non-hydrogen) atoms. The lowest BCUT2D eigenvalue weighted by Gasteiger charge is -2.17. The second kappa shape index (κ2) is 8.34. The van der Waals surface area contributed by atoms with E-state index in [-0.39, 0.29) is 18.0 Å². The van der Waals surface area contributed by atoms with E-state index in [1.165, 1.54) is 17.2 Å². The van der Waals surface area contributed by atoms with Gasteiger partial charge in [0.25, 0.3) is 0 Å². The highest BCUT2D eigenvalue weighted by atomic mass is 35.5. The average Bonchev–Trinajstić information content (AvgIpc) is 3.45. The summed E-state index contributed by atoms with van der Waals surface area (Å²) in [5.74, 6) is -1.71. The fourth-order valence-electron chi connectivity index (χ4n) is 4.11. The summed E-state index contributed by atoms with van der Waals surface area (Å²) in [5, 5.41) is 20.1. The van der Waals surface area contributed by atoms with Crippen molar-refractivity contribution in [1.82, 2.24) is 35.5 Å². The summed E-state index contributed by atoms with van der Waals surface area (Å²) in [6, 6.07) is 14.1. The number of rotatable bonds is 3. The fourth-order valence-corrected chi connectivity index (χ4v) is 4.11. The fraction of sp³-hybridized carbons (Fsp3) is 0.130. The van der Waals surface area contributed by atoms with E-state index < -0.39 is 11.9 Å². The van der Waals surface area contributed by atoms with Gasteiger partial charge in [0.15, 0.2) is 0 Å². The normalized spacial score (nSPS) is 13.0. The van der Waals surface area contributed by atoms with Gasteiger partial charge in [-0.1, -0.05) is 17.3 Å². The van der Waals surface area contributed by atoms with Crippen molar-refractivity contribution in [2.45, 2.75) is 13.0 Å². The van der Waals surface area contributed by atoms with Crippen molar-refractivity contribution in [3.05, 3.63) is 77.8 Å². The Hall–Kier alpha value is -3.69. The molecule has 0 aliphatic carbocycles. The predicted octanol–water partition coefficient (Wildman–Crippen LogP) is 4.22. The highest BCUT2D eigenvalue weighted by molar-refractivity contribution is 5.94. The van der Waals surface area contributed by atoms with Crippen LogP contribution in [0.2, 0.25) is 0 Å². The Morgan fingerprint density at radius 3 is 2.76 bits per heavy atom. The molecule has 10 heteroatoms. The maximum Gasteiger partial charge on any atom is 0.223 e. The molecule has 0 unspecified atom stereocenters. The number of hydrogen-bond donors (Lipinski definition) is 2. The molecular weight excluding hydrogens is 448 g/mol. The van der Waals surface area contributed by atoms with E-state index in [4.69, 9.17) is 0 Å². The first-order valence-electron chi connectivity index (χ1n) is 10.2. The van der Waals surface area contributed by atoms with Crippen LogP contribution in [-0.4, -0.2) is 36.7 Å². The van der Waals surface area contributed by atoms with E-state index >= 15 is 0 Å². The van der Waals surface area contributed by atoms with Gasteiger partial charge < -0.3 is 5.32 Å². The third-order valence-corrected chi connectivity index (χ3v) is 5.77. The predicted molar refractivity (Wildman–Crippen MR) is 122 cm³/mol. The molecule has 1 aliphatic heterocycles.